The monoisotopic (exact) mass is 377 g/mol. The summed E-state index contributed by atoms with van der Waals surface area (Å²) < 4.78 is 35.3. The number of ether oxygens (including phenoxy) is 2. The first-order valence-electron chi connectivity index (χ1n) is 8.63. The molecule has 7 nitrogen and oxygen atoms in total. The Morgan fingerprint density at radius 3 is 2.16 bits per heavy atom. The van der Waals surface area contributed by atoms with Crippen molar-refractivity contribution in [2.45, 2.75) is 88.2 Å². The number of carbonyl (C=O) groups excluding carboxylic acids is 1. The lowest BCUT2D eigenvalue weighted by atomic mass is 10.0. The summed E-state index contributed by atoms with van der Waals surface area (Å²) in [4.78, 5) is 14.2. The smallest absolute Gasteiger partial charge is 0.412 e. The minimum absolute atomic E-state index is 0.0972. The van der Waals surface area contributed by atoms with Crippen molar-refractivity contribution in [3.63, 3.8) is 0 Å². The highest BCUT2D eigenvalue weighted by Crippen LogP contribution is 2.50. The number of amides is 1. The molecule has 0 radical (unpaired) electrons. The van der Waals surface area contributed by atoms with Crippen LogP contribution in [0, 0.1) is 0 Å². The second kappa shape index (κ2) is 5.82. The molecule has 1 heterocycles. The third-order valence-electron chi connectivity index (χ3n) is 5.24. The molecule has 1 saturated heterocycles. The molecule has 8 heteroatoms. The van der Waals surface area contributed by atoms with Crippen molar-refractivity contribution in [2.75, 3.05) is 13.2 Å². The summed E-state index contributed by atoms with van der Waals surface area (Å²) in [6, 6.07) is -0.702. The van der Waals surface area contributed by atoms with Gasteiger partial charge in [-0.15, -0.1) is 0 Å². The maximum absolute atomic E-state index is 13.2. The second-order valence-electron chi connectivity index (χ2n) is 9.07. The average molecular weight is 378 g/mol. The lowest BCUT2D eigenvalue weighted by Crippen LogP contribution is -2.60. The number of hydrogen-bond acceptors (Lipinski definition) is 6. The summed E-state index contributed by atoms with van der Waals surface area (Å²) in [5, 5.41) is 9.61. The van der Waals surface area contributed by atoms with E-state index in [4.69, 9.17) is 9.47 Å². The molecule has 1 saturated carbocycles. The molecule has 0 spiro atoms. The van der Waals surface area contributed by atoms with E-state index >= 15 is 0 Å². The Kier molecular flexibility index (Phi) is 4.76. The molecule has 146 valence electrons. The number of rotatable bonds is 4. The van der Waals surface area contributed by atoms with E-state index in [0.29, 0.717) is 12.8 Å². The van der Waals surface area contributed by atoms with Crippen LogP contribution in [0.1, 0.15) is 61.3 Å². The van der Waals surface area contributed by atoms with Crippen molar-refractivity contribution in [3.8, 4) is 0 Å². The van der Waals surface area contributed by atoms with Gasteiger partial charge in [0.2, 0.25) is 0 Å². The number of sulfone groups is 1. The summed E-state index contributed by atoms with van der Waals surface area (Å²) in [5.41, 5.74) is -1.68. The van der Waals surface area contributed by atoms with Gasteiger partial charge in [0.1, 0.15) is 11.3 Å². The van der Waals surface area contributed by atoms with Crippen LogP contribution in [0.15, 0.2) is 0 Å². The zero-order valence-corrected chi connectivity index (χ0v) is 17.1. The van der Waals surface area contributed by atoms with E-state index in [1.165, 1.54) is 4.90 Å². The van der Waals surface area contributed by atoms with Crippen molar-refractivity contribution < 1.29 is 27.8 Å². The molecule has 1 N–H and O–H groups in total. The molecule has 2 fully saturated rings. The fourth-order valence-electron chi connectivity index (χ4n) is 3.36. The summed E-state index contributed by atoms with van der Waals surface area (Å²) in [7, 11) is -3.70. The van der Waals surface area contributed by atoms with Crippen molar-refractivity contribution in [3.05, 3.63) is 0 Å². The Morgan fingerprint density at radius 1 is 1.24 bits per heavy atom. The van der Waals surface area contributed by atoms with Gasteiger partial charge in [-0.3, -0.25) is 4.90 Å². The van der Waals surface area contributed by atoms with Crippen LogP contribution in [0.25, 0.3) is 0 Å². The van der Waals surface area contributed by atoms with Gasteiger partial charge < -0.3 is 14.6 Å². The van der Waals surface area contributed by atoms with Gasteiger partial charge in [0.15, 0.2) is 9.84 Å². The zero-order chi connectivity index (χ0) is 19.5. The van der Waals surface area contributed by atoms with Crippen LogP contribution in [-0.4, -0.2) is 64.6 Å². The third-order valence-corrected chi connectivity index (χ3v) is 8.57. The van der Waals surface area contributed by atoms with Gasteiger partial charge in [0.25, 0.3) is 0 Å². The Hall–Kier alpha value is -0.860. The quantitative estimate of drug-likeness (QED) is 0.806. The number of aliphatic hydroxyl groups excluding tert-OH is 1. The highest BCUT2D eigenvalue weighted by molar-refractivity contribution is 7.94. The highest BCUT2D eigenvalue weighted by atomic mass is 32.2. The molecule has 1 aliphatic carbocycles. The molecule has 0 aromatic carbocycles. The van der Waals surface area contributed by atoms with Crippen LogP contribution in [0.4, 0.5) is 4.79 Å². The Labute approximate surface area is 150 Å². The third kappa shape index (κ3) is 3.28. The maximum Gasteiger partial charge on any atom is 0.412 e. The first-order valence-corrected chi connectivity index (χ1v) is 10.1. The van der Waals surface area contributed by atoms with E-state index in [0.717, 1.165) is 0 Å². The molecule has 2 rings (SSSR count). The summed E-state index contributed by atoms with van der Waals surface area (Å²) in [6.07, 6.45) is 0.286. The predicted molar refractivity (Wildman–Crippen MR) is 93.9 cm³/mol. The summed E-state index contributed by atoms with van der Waals surface area (Å²) >= 11 is 0. The van der Waals surface area contributed by atoms with Crippen LogP contribution < -0.4 is 0 Å². The lowest BCUT2D eigenvalue weighted by Gasteiger charge is -2.41. The second-order valence-corrected chi connectivity index (χ2v) is 12.0. The van der Waals surface area contributed by atoms with Gasteiger partial charge in [-0.05, 0) is 61.3 Å². The van der Waals surface area contributed by atoms with Gasteiger partial charge in [0, 0.05) is 0 Å². The van der Waals surface area contributed by atoms with E-state index in [1.807, 2.05) is 0 Å². The summed E-state index contributed by atoms with van der Waals surface area (Å²) in [6.45, 7) is 11.6. The number of carbonyl (C=O) groups is 1. The molecule has 0 aromatic heterocycles. The van der Waals surface area contributed by atoms with Crippen LogP contribution in [0.3, 0.4) is 0 Å². The molecular formula is C17H31NO6S. The normalized spacial score (nSPS) is 25.8. The molecule has 1 amide bonds. The molecular weight excluding hydrogens is 346 g/mol. The minimum atomic E-state index is -3.70. The van der Waals surface area contributed by atoms with E-state index in [9.17, 15) is 18.3 Å². The Balaban J connectivity index is 2.40. The fraction of sp³-hybridized carbons (Fsp3) is 0.941. The van der Waals surface area contributed by atoms with Crippen LogP contribution in [0.5, 0.6) is 0 Å². The van der Waals surface area contributed by atoms with Crippen molar-refractivity contribution >= 4 is 15.9 Å². The van der Waals surface area contributed by atoms with Gasteiger partial charge in [0.05, 0.1) is 28.7 Å². The Bertz CT molecular complexity index is 643. The van der Waals surface area contributed by atoms with Gasteiger partial charge in [-0.1, -0.05) is 0 Å². The molecule has 0 aromatic rings. The first-order chi connectivity index (χ1) is 11.1. The van der Waals surface area contributed by atoms with Crippen molar-refractivity contribution in [1.82, 2.24) is 4.90 Å². The fourth-order valence-corrected chi connectivity index (χ4v) is 5.82. The SMILES string of the molecule is CC(C)(C)OC(=O)N1[C@@H](C(C)(C)S(=O)(=O)C2(CO)CC2)COC1(C)C. The predicted octanol–water partition coefficient (Wildman–Crippen LogP) is 2.08. The van der Waals surface area contributed by atoms with Crippen LogP contribution in [0.2, 0.25) is 0 Å². The maximum atomic E-state index is 13.2. The van der Waals surface area contributed by atoms with E-state index in [1.54, 1.807) is 48.5 Å². The number of nitrogens with zero attached hydrogens (tertiary/aromatic N) is 1. The van der Waals surface area contributed by atoms with Crippen LogP contribution in [-0.2, 0) is 19.3 Å². The Morgan fingerprint density at radius 2 is 1.76 bits per heavy atom. The topological polar surface area (TPSA) is 93.1 Å². The van der Waals surface area contributed by atoms with Gasteiger partial charge in [-0.2, -0.15) is 0 Å². The van der Waals surface area contributed by atoms with Crippen LogP contribution >= 0.6 is 0 Å². The lowest BCUT2D eigenvalue weighted by molar-refractivity contribution is -0.0634. The van der Waals surface area contributed by atoms with Crippen molar-refractivity contribution in [2.24, 2.45) is 0 Å². The van der Waals surface area contributed by atoms with E-state index in [-0.39, 0.29) is 6.61 Å². The zero-order valence-electron chi connectivity index (χ0n) is 16.2. The number of hydrogen-bond donors (Lipinski definition) is 1. The minimum Gasteiger partial charge on any atom is -0.444 e. The number of aliphatic hydroxyl groups is 1. The van der Waals surface area contributed by atoms with Crippen molar-refractivity contribution in [1.29, 1.82) is 0 Å². The standard InChI is InChI=1S/C17H31NO6S/c1-14(2,3)24-13(20)18-12(10-23-16(18,6)7)15(4,5)25(21,22)17(11-19)8-9-17/h12,19H,8-11H2,1-7H3/t12-/m1/s1. The van der Waals surface area contributed by atoms with Gasteiger partial charge in [-0.25, -0.2) is 13.2 Å². The van der Waals surface area contributed by atoms with Gasteiger partial charge >= 0.3 is 6.09 Å². The molecule has 25 heavy (non-hydrogen) atoms. The molecule has 1 aliphatic heterocycles. The molecule has 1 atom stereocenters. The molecule has 0 unspecified atom stereocenters. The van der Waals surface area contributed by atoms with E-state index in [2.05, 4.69) is 0 Å². The molecule has 0 bridgehead atoms. The van der Waals surface area contributed by atoms with E-state index < -0.39 is 49.4 Å². The summed E-state index contributed by atoms with van der Waals surface area (Å²) in [5.74, 6) is 0. The highest BCUT2D eigenvalue weighted by Gasteiger charge is 2.64. The largest absolute Gasteiger partial charge is 0.444 e. The first kappa shape index (κ1) is 20.5. The average Bonchev–Trinajstić information content (AvgIpc) is 3.15. The molecule has 2 aliphatic rings.